The molecule has 0 saturated heterocycles. The summed E-state index contributed by atoms with van der Waals surface area (Å²) in [6.07, 6.45) is -4.57. The van der Waals surface area contributed by atoms with Gasteiger partial charge >= 0.3 is 6.18 Å². The molecule has 3 nitrogen and oxygen atoms in total. The third kappa shape index (κ3) is 5.34. The van der Waals surface area contributed by atoms with E-state index in [1.165, 1.54) is 4.90 Å². The summed E-state index contributed by atoms with van der Waals surface area (Å²) in [5.41, 5.74) is 5.30. The van der Waals surface area contributed by atoms with Gasteiger partial charge in [0.1, 0.15) is 6.42 Å². The fourth-order valence-corrected chi connectivity index (χ4v) is 1.65. The van der Waals surface area contributed by atoms with Crippen LogP contribution in [0.1, 0.15) is 33.1 Å². The molecule has 1 amide bonds. The van der Waals surface area contributed by atoms with Crippen LogP contribution in [-0.4, -0.2) is 36.1 Å². The molecule has 0 unspecified atom stereocenters. The van der Waals surface area contributed by atoms with E-state index in [0.29, 0.717) is 12.8 Å². The lowest BCUT2D eigenvalue weighted by Gasteiger charge is -2.30. The number of hydrogen-bond donors (Lipinski definition) is 1. The van der Waals surface area contributed by atoms with Crippen molar-refractivity contribution in [2.45, 2.75) is 45.3 Å². The molecule has 0 fully saturated rings. The maximum absolute atomic E-state index is 12.1. The molecule has 0 spiro atoms. The number of halogens is 3. The van der Waals surface area contributed by atoms with Crippen molar-refractivity contribution in [3.05, 3.63) is 0 Å². The molecule has 16 heavy (non-hydrogen) atoms. The molecule has 0 aromatic carbocycles. The van der Waals surface area contributed by atoms with Gasteiger partial charge in [0.15, 0.2) is 0 Å². The van der Waals surface area contributed by atoms with Crippen LogP contribution in [0.15, 0.2) is 0 Å². The Balaban J connectivity index is 4.57. The van der Waals surface area contributed by atoms with E-state index in [1.54, 1.807) is 0 Å². The van der Waals surface area contributed by atoms with E-state index in [-0.39, 0.29) is 19.1 Å². The molecule has 96 valence electrons. The number of alkyl halides is 3. The molecule has 0 bridgehead atoms. The second kappa shape index (κ2) is 6.73. The first-order chi connectivity index (χ1) is 7.35. The minimum absolute atomic E-state index is 0.154. The van der Waals surface area contributed by atoms with Crippen LogP contribution in [0.2, 0.25) is 0 Å². The summed E-state index contributed by atoms with van der Waals surface area (Å²) in [6, 6.07) is -0.154. The van der Waals surface area contributed by atoms with Crippen LogP contribution < -0.4 is 5.73 Å². The number of nitrogens with two attached hydrogens (primary N) is 1. The van der Waals surface area contributed by atoms with Crippen molar-refractivity contribution in [2.75, 3.05) is 13.1 Å². The van der Waals surface area contributed by atoms with Gasteiger partial charge in [0.25, 0.3) is 0 Å². The van der Waals surface area contributed by atoms with Crippen LogP contribution in [0.5, 0.6) is 0 Å². The van der Waals surface area contributed by atoms with E-state index in [4.69, 9.17) is 5.73 Å². The summed E-state index contributed by atoms with van der Waals surface area (Å²) in [5, 5.41) is 0. The molecule has 0 rings (SSSR count). The van der Waals surface area contributed by atoms with Crippen molar-refractivity contribution < 1.29 is 18.0 Å². The number of rotatable bonds is 6. The quantitative estimate of drug-likeness (QED) is 0.771. The Morgan fingerprint density at radius 2 is 1.81 bits per heavy atom. The maximum Gasteiger partial charge on any atom is 0.397 e. The summed E-state index contributed by atoms with van der Waals surface area (Å²) in [4.78, 5) is 12.7. The van der Waals surface area contributed by atoms with E-state index in [2.05, 4.69) is 0 Å². The minimum Gasteiger partial charge on any atom is -0.338 e. The Morgan fingerprint density at radius 1 is 1.31 bits per heavy atom. The monoisotopic (exact) mass is 240 g/mol. The third-order valence-corrected chi connectivity index (χ3v) is 2.43. The zero-order valence-electron chi connectivity index (χ0n) is 9.68. The Hall–Kier alpha value is -0.780. The number of carbonyl (C=O) groups is 1. The molecule has 0 aliphatic carbocycles. The lowest BCUT2D eigenvalue weighted by molar-refractivity contribution is -0.163. The first kappa shape index (κ1) is 15.2. The summed E-state index contributed by atoms with van der Waals surface area (Å²) >= 11 is 0. The topological polar surface area (TPSA) is 46.3 Å². The predicted octanol–water partition coefficient (Wildman–Crippen LogP) is 1.91. The first-order valence-electron chi connectivity index (χ1n) is 5.42. The van der Waals surface area contributed by atoms with Crippen molar-refractivity contribution >= 4 is 5.91 Å². The molecule has 0 heterocycles. The fourth-order valence-electron chi connectivity index (χ4n) is 1.65. The molecule has 0 atom stereocenters. The van der Waals surface area contributed by atoms with Crippen LogP contribution in [0.4, 0.5) is 13.2 Å². The average molecular weight is 240 g/mol. The average Bonchev–Trinajstić information content (AvgIpc) is 2.15. The second-order valence-corrected chi connectivity index (χ2v) is 3.64. The number of hydrogen-bond acceptors (Lipinski definition) is 2. The minimum atomic E-state index is -4.45. The highest BCUT2D eigenvalue weighted by atomic mass is 19.4. The number of carbonyl (C=O) groups excluding carboxylic acids is 1. The van der Waals surface area contributed by atoms with Gasteiger partial charge in [0, 0.05) is 19.1 Å². The normalized spacial score (nSPS) is 11.9. The molecule has 2 N–H and O–H groups in total. The van der Waals surface area contributed by atoms with Crippen LogP contribution in [-0.2, 0) is 4.79 Å². The predicted molar refractivity (Wildman–Crippen MR) is 55.8 cm³/mol. The van der Waals surface area contributed by atoms with Crippen LogP contribution in [0, 0.1) is 0 Å². The highest BCUT2D eigenvalue weighted by Gasteiger charge is 2.34. The molecule has 0 aliphatic rings. The smallest absolute Gasteiger partial charge is 0.338 e. The summed E-state index contributed by atoms with van der Waals surface area (Å²) in [5.74, 6) is -0.883. The third-order valence-electron chi connectivity index (χ3n) is 2.43. The molecule has 0 aromatic heterocycles. The van der Waals surface area contributed by atoms with Crippen molar-refractivity contribution in [3.63, 3.8) is 0 Å². The molecular formula is C10H19F3N2O. The molecule has 0 radical (unpaired) electrons. The lowest BCUT2D eigenvalue weighted by Crippen LogP contribution is -2.44. The van der Waals surface area contributed by atoms with Gasteiger partial charge in [-0.05, 0) is 12.8 Å². The van der Waals surface area contributed by atoms with Gasteiger partial charge in [-0.3, -0.25) is 4.79 Å². The van der Waals surface area contributed by atoms with Gasteiger partial charge in [-0.2, -0.15) is 13.2 Å². The van der Waals surface area contributed by atoms with Gasteiger partial charge in [0.05, 0.1) is 0 Å². The largest absolute Gasteiger partial charge is 0.397 e. The zero-order valence-corrected chi connectivity index (χ0v) is 9.68. The van der Waals surface area contributed by atoms with Crippen molar-refractivity contribution in [2.24, 2.45) is 5.73 Å². The highest BCUT2D eigenvalue weighted by molar-refractivity contribution is 5.77. The summed E-state index contributed by atoms with van der Waals surface area (Å²) < 4.78 is 36.3. The fraction of sp³-hybridized carbons (Fsp3) is 0.900. The van der Waals surface area contributed by atoms with Gasteiger partial charge < -0.3 is 10.6 Å². The summed E-state index contributed by atoms with van der Waals surface area (Å²) in [6.45, 7) is 4.05. The van der Waals surface area contributed by atoms with E-state index >= 15 is 0 Å². The molecule has 0 aliphatic heterocycles. The van der Waals surface area contributed by atoms with Crippen LogP contribution in [0.25, 0.3) is 0 Å². The van der Waals surface area contributed by atoms with Crippen LogP contribution >= 0.6 is 0 Å². The summed E-state index contributed by atoms with van der Waals surface area (Å²) in [7, 11) is 0. The van der Waals surface area contributed by atoms with E-state index in [0.717, 1.165) is 0 Å². The molecule has 0 saturated carbocycles. The Bertz CT molecular complexity index is 215. The van der Waals surface area contributed by atoms with Crippen molar-refractivity contribution in [1.29, 1.82) is 0 Å². The van der Waals surface area contributed by atoms with E-state index in [9.17, 15) is 18.0 Å². The van der Waals surface area contributed by atoms with Gasteiger partial charge in [-0.25, -0.2) is 0 Å². The standard InChI is InChI=1S/C10H19F3N2O/c1-3-8(4-2)15(6-5-14)9(16)7-10(11,12)13/h8H,3-7,14H2,1-2H3. The maximum atomic E-state index is 12.1. The van der Waals surface area contributed by atoms with Crippen molar-refractivity contribution in [3.8, 4) is 0 Å². The molecular weight excluding hydrogens is 221 g/mol. The van der Waals surface area contributed by atoms with Crippen molar-refractivity contribution in [1.82, 2.24) is 4.90 Å². The molecule has 6 heteroatoms. The Kier molecular flexibility index (Phi) is 6.40. The van der Waals surface area contributed by atoms with E-state index in [1.807, 2.05) is 13.8 Å². The number of nitrogens with zero attached hydrogens (tertiary/aromatic N) is 1. The lowest BCUT2D eigenvalue weighted by atomic mass is 10.1. The highest BCUT2D eigenvalue weighted by Crippen LogP contribution is 2.22. The zero-order chi connectivity index (χ0) is 12.8. The second-order valence-electron chi connectivity index (χ2n) is 3.64. The van der Waals surface area contributed by atoms with E-state index < -0.39 is 18.5 Å². The van der Waals surface area contributed by atoms with Gasteiger partial charge in [-0.15, -0.1) is 0 Å². The van der Waals surface area contributed by atoms with Gasteiger partial charge in [0.2, 0.25) is 5.91 Å². The SMILES string of the molecule is CCC(CC)N(CCN)C(=O)CC(F)(F)F. The first-order valence-corrected chi connectivity index (χ1v) is 5.42. The molecule has 0 aromatic rings. The van der Waals surface area contributed by atoms with Gasteiger partial charge in [-0.1, -0.05) is 13.8 Å². The Labute approximate surface area is 93.8 Å². The number of amides is 1. The Morgan fingerprint density at radius 3 is 2.12 bits per heavy atom. The van der Waals surface area contributed by atoms with Crippen LogP contribution in [0.3, 0.4) is 0 Å².